The minimum atomic E-state index is -0.348. The van der Waals surface area contributed by atoms with Gasteiger partial charge in [0.25, 0.3) is 0 Å². The molecule has 1 aromatic carbocycles. The number of carbonyl (C=O) groups is 1. The number of anilines is 1. The van der Waals surface area contributed by atoms with E-state index in [2.05, 4.69) is 24.1 Å². The molecule has 25 heavy (non-hydrogen) atoms. The summed E-state index contributed by atoms with van der Waals surface area (Å²) in [5.41, 5.74) is 11.3. The standard InChI is InChI=1S/C21H28N2O2/c1-23-10-9-21-8-4-3-5-16(21)19(23)12-15-11-14(6-7-20(24)25-2)18(22)13-17(15)21/h6-7,11,13,16,19H,3-5,8-10,12,22H2,1-2H3/b7-6+/t16-,19+,21+/m1/s1. The summed E-state index contributed by atoms with van der Waals surface area (Å²) >= 11 is 0. The lowest BCUT2D eigenvalue weighted by Crippen LogP contribution is -2.59. The molecule has 4 nitrogen and oxygen atoms in total. The molecule has 1 aliphatic heterocycles. The molecule has 0 unspecified atom stereocenters. The van der Waals surface area contributed by atoms with Crippen molar-refractivity contribution in [1.29, 1.82) is 0 Å². The Morgan fingerprint density at radius 3 is 3.00 bits per heavy atom. The highest BCUT2D eigenvalue weighted by Gasteiger charge is 2.53. The topological polar surface area (TPSA) is 55.6 Å². The van der Waals surface area contributed by atoms with Crippen molar-refractivity contribution in [3.05, 3.63) is 34.9 Å². The zero-order valence-electron chi connectivity index (χ0n) is 15.3. The van der Waals surface area contributed by atoms with Crippen LogP contribution in [0.5, 0.6) is 0 Å². The average molecular weight is 340 g/mol. The fourth-order valence-electron chi connectivity index (χ4n) is 5.66. The lowest BCUT2D eigenvalue weighted by Gasteiger charge is -2.58. The minimum absolute atomic E-state index is 0.321. The zero-order valence-corrected chi connectivity index (χ0v) is 15.3. The van der Waals surface area contributed by atoms with Gasteiger partial charge in [-0.3, -0.25) is 0 Å². The van der Waals surface area contributed by atoms with E-state index in [9.17, 15) is 4.79 Å². The van der Waals surface area contributed by atoms with Crippen LogP contribution in [0, 0.1) is 5.92 Å². The van der Waals surface area contributed by atoms with Gasteiger partial charge in [0.2, 0.25) is 0 Å². The van der Waals surface area contributed by atoms with E-state index in [4.69, 9.17) is 10.5 Å². The van der Waals surface area contributed by atoms with Crippen molar-refractivity contribution in [3.8, 4) is 0 Å². The molecule has 0 spiro atoms. The molecule has 3 atom stereocenters. The van der Waals surface area contributed by atoms with Gasteiger partial charge in [0, 0.05) is 23.2 Å². The molecule has 2 fully saturated rings. The van der Waals surface area contributed by atoms with Gasteiger partial charge in [-0.1, -0.05) is 12.8 Å². The largest absolute Gasteiger partial charge is 0.466 e. The second-order valence-corrected chi connectivity index (χ2v) is 8.01. The van der Waals surface area contributed by atoms with Crippen LogP contribution in [-0.2, 0) is 21.4 Å². The lowest BCUT2D eigenvalue weighted by molar-refractivity contribution is -0.134. The predicted molar refractivity (Wildman–Crippen MR) is 100 cm³/mol. The number of hydrogen-bond donors (Lipinski definition) is 1. The van der Waals surface area contributed by atoms with Gasteiger partial charge >= 0.3 is 5.97 Å². The lowest BCUT2D eigenvalue weighted by atomic mass is 9.52. The van der Waals surface area contributed by atoms with Crippen molar-refractivity contribution >= 4 is 17.7 Å². The Kier molecular flexibility index (Phi) is 4.11. The molecular formula is C21H28N2O2. The number of likely N-dealkylation sites (tertiary alicyclic amines) is 1. The summed E-state index contributed by atoms with van der Waals surface area (Å²) in [5.74, 6) is 0.419. The Labute approximate surface area is 150 Å². The van der Waals surface area contributed by atoms with Crippen LogP contribution in [0.4, 0.5) is 5.69 Å². The molecule has 4 heteroatoms. The maximum atomic E-state index is 11.4. The van der Waals surface area contributed by atoms with E-state index in [1.54, 1.807) is 6.08 Å². The third-order valence-electron chi connectivity index (χ3n) is 6.91. The number of hydrogen-bond acceptors (Lipinski definition) is 4. The van der Waals surface area contributed by atoms with E-state index in [0.717, 1.165) is 23.6 Å². The number of carbonyl (C=O) groups excluding carboxylic acids is 1. The van der Waals surface area contributed by atoms with Crippen LogP contribution in [0.2, 0.25) is 0 Å². The summed E-state index contributed by atoms with van der Waals surface area (Å²) in [6, 6.07) is 5.07. The SMILES string of the molecule is COC(=O)/C=C/c1cc2c(cc1N)[C@]13CCCC[C@@H]1[C@H](C2)N(C)CC3. The summed E-state index contributed by atoms with van der Waals surface area (Å²) in [6.07, 6.45) is 10.9. The minimum Gasteiger partial charge on any atom is -0.466 e. The highest BCUT2D eigenvalue weighted by molar-refractivity contribution is 5.88. The first-order valence-electron chi connectivity index (χ1n) is 9.44. The smallest absolute Gasteiger partial charge is 0.330 e. The maximum absolute atomic E-state index is 11.4. The molecule has 2 N–H and O–H groups in total. The van der Waals surface area contributed by atoms with Crippen LogP contribution in [-0.4, -0.2) is 37.6 Å². The van der Waals surface area contributed by atoms with E-state index in [0.29, 0.717) is 11.5 Å². The molecule has 3 aliphatic rings. The number of esters is 1. The highest BCUT2D eigenvalue weighted by atomic mass is 16.5. The van der Waals surface area contributed by atoms with Gasteiger partial charge in [-0.2, -0.15) is 0 Å². The van der Waals surface area contributed by atoms with Crippen molar-refractivity contribution in [2.45, 2.75) is 50.0 Å². The number of fused-ring (bicyclic) bond motifs is 1. The molecule has 2 aliphatic carbocycles. The quantitative estimate of drug-likeness (QED) is 0.510. The zero-order chi connectivity index (χ0) is 17.6. The van der Waals surface area contributed by atoms with Gasteiger partial charge in [-0.25, -0.2) is 4.79 Å². The summed E-state index contributed by atoms with van der Waals surface area (Å²) in [5, 5.41) is 0. The van der Waals surface area contributed by atoms with E-state index < -0.39 is 0 Å². The van der Waals surface area contributed by atoms with Crippen LogP contribution < -0.4 is 5.73 Å². The number of likely N-dealkylation sites (N-methyl/N-ethyl adjacent to an activating group) is 1. The number of nitrogen functional groups attached to an aromatic ring is 1. The predicted octanol–water partition coefficient (Wildman–Crippen LogP) is 3.14. The first-order chi connectivity index (χ1) is 12.0. The van der Waals surface area contributed by atoms with Crippen molar-refractivity contribution in [2.75, 3.05) is 26.4 Å². The molecule has 1 saturated carbocycles. The van der Waals surface area contributed by atoms with Crippen LogP contribution in [0.3, 0.4) is 0 Å². The van der Waals surface area contributed by atoms with Gasteiger partial charge in [0.1, 0.15) is 0 Å². The Bertz CT molecular complexity index is 727. The fraction of sp³-hybridized carbons (Fsp3) is 0.571. The molecule has 4 rings (SSSR count). The molecule has 0 aromatic heterocycles. The van der Waals surface area contributed by atoms with Gasteiger partial charge in [-0.05, 0) is 80.1 Å². The Morgan fingerprint density at radius 2 is 2.20 bits per heavy atom. The Hall–Kier alpha value is -1.81. The van der Waals surface area contributed by atoms with Gasteiger partial charge < -0.3 is 15.4 Å². The third-order valence-corrected chi connectivity index (χ3v) is 6.91. The second-order valence-electron chi connectivity index (χ2n) is 8.01. The van der Waals surface area contributed by atoms with Crippen LogP contribution in [0.25, 0.3) is 6.08 Å². The third kappa shape index (κ3) is 2.58. The van der Waals surface area contributed by atoms with Crippen molar-refractivity contribution in [1.82, 2.24) is 4.90 Å². The molecule has 1 saturated heterocycles. The number of methoxy groups -OCH3 is 1. The first kappa shape index (κ1) is 16.6. The normalized spacial score (nSPS) is 31.4. The van der Waals surface area contributed by atoms with Crippen molar-refractivity contribution in [3.63, 3.8) is 0 Å². The van der Waals surface area contributed by atoms with Crippen LogP contribution >= 0.6 is 0 Å². The number of nitrogens with two attached hydrogens (primary N) is 1. The number of nitrogens with zero attached hydrogens (tertiary/aromatic N) is 1. The monoisotopic (exact) mass is 340 g/mol. The Balaban J connectivity index is 1.79. The van der Waals surface area contributed by atoms with Gasteiger partial charge in [-0.15, -0.1) is 0 Å². The summed E-state index contributed by atoms with van der Waals surface area (Å²) in [7, 11) is 3.67. The van der Waals surface area contributed by atoms with Crippen LogP contribution in [0.15, 0.2) is 18.2 Å². The number of ether oxygens (including phenoxy) is 1. The summed E-state index contributed by atoms with van der Waals surface area (Å²) in [6.45, 7) is 1.19. The molecule has 134 valence electrons. The highest BCUT2D eigenvalue weighted by Crippen LogP contribution is 2.56. The fourth-order valence-corrected chi connectivity index (χ4v) is 5.66. The van der Waals surface area contributed by atoms with E-state index >= 15 is 0 Å². The van der Waals surface area contributed by atoms with E-state index in [-0.39, 0.29) is 5.97 Å². The summed E-state index contributed by atoms with van der Waals surface area (Å²) < 4.78 is 4.70. The second kappa shape index (κ2) is 6.17. The van der Waals surface area contributed by atoms with E-state index in [1.807, 2.05) is 0 Å². The molecule has 1 heterocycles. The number of piperidine rings is 1. The molecule has 1 aromatic rings. The molecule has 2 bridgehead atoms. The summed E-state index contributed by atoms with van der Waals surface area (Å²) in [4.78, 5) is 14.0. The van der Waals surface area contributed by atoms with E-state index in [1.165, 1.54) is 63.0 Å². The van der Waals surface area contributed by atoms with Crippen molar-refractivity contribution < 1.29 is 9.53 Å². The number of rotatable bonds is 2. The Morgan fingerprint density at radius 1 is 1.36 bits per heavy atom. The van der Waals surface area contributed by atoms with Crippen molar-refractivity contribution in [2.24, 2.45) is 5.92 Å². The molecule has 0 amide bonds. The van der Waals surface area contributed by atoms with Crippen LogP contribution in [0.1, 0.15) is 48.8 Å². The van der Waals surface area contributed by atoms with Gasteiger partial charge in [0.15, 0.2) is 0 Å². The molecule has 0 radical (unpaired) electrons. The van der Waals surface area contributed by atoms with Gasteiger partial charge in [0.05, 0.1) is 7.11 Å². The average Bonchev–Trinajstić information content (AvgIpc) is 2.63. The maximum Gasteiger partial charge on any atom is 0.330 e. The molecular weight excluding hydrogens is 312 g/mol. The number of benzene rings is 1. The first-order valence-corrected chi connectivity index (χ1v) is 9.44.